The molecule has 0 bridgehead atoms. The van der Waals surface area contributed by atoms with E-state index >= 15 is 0 Å². The van der Waals surface area contributed by atoms with Gasteiger partial charge in [-0.25, -0.2) is 4.98 Å². The molecule has 0 aliphatic carbocycles. The van der Waals surface area contributed by atoms with Crippen molar-refractivity contribution in [2.24, 2.45) is 0 Å². The lowest BCUT2D eigenvalue weighted by atomic mass is 10.0. The van der Waals surface area contributed by atoms with Crippen LogP contribution in [0.1, 0.15) is 57.6 Å². The Morgan fingerprint density at radius 2 is 1.94 bits per heavy atom. The van der Waals surface area contributed by atoms with Crippen molar-refractivity contribution >= 4 is 28.9 Å². The largest absolute Gasteiger partial charge is 0.349 e. The van der Waals surface area contributed by atoms with Crippen LogP contribution < -0.4 is 10.6 Å². The number of nitriles is 1. The standard InChI is InChI=1S/C23H28N4O3S/c1-2-19(28)11-7-4-8-12-20(27-21(29)13-14-24)22(30)25-15-18-16-31-23(26-18)17-9-5-3-6-10-17/h3,5-6,9-10,16,20H,2,4,7-8,11-13,15H2,1H3,(H,25,30)(H,27,29)/t20-/m0/s1. The van der Waals surface area contributed by atoms with Gasteiger partial charge in [0.1, 0.15) is 23.3 Å². The molecular formula is C23H28N4O3S. The molecule has 0 spiro atoms. The van der Waals surface area contributed by atoms with E-state index in [9.17, 15) is 14.4 Å². The molecule has 7 nitrogen and oxygen atoms in total. The third-order valence-electron chi connectivity index (χ3n) is 4.75. The van der Waals surface area contributed by atoms with Crippen molar-refractivity contribution in [2.45, 2.75) is 64.5 Å². The molecule has 1 aromatic carbocycles. The van der Waals surface area contributed by atoms with Crippen molar-refractivity contribution in [1.82, 2.24) is 15.6 Å². The van der Waals surface area contributed by atoms with Gasteiger partial charge in [0.2, 0.25) is 11.8 Å². The predicted molar refractivity (Wildman–Crippen MR) is 120 cm³/mol. The van der Waals surface area contributed by atoms with E-state index in [0.29, 0.717) is 25.7 Å². The second-order valence-electron chi connectivity index (χ2n) is 7.17. The highest BCUT2D eigenvalue weighted by Crippen LogP contribution is 2.23. The van der Waals surface area contributed by atoms with Gasteiger partial charge in [-0.1, -0.05) is 50.1 Å². The number of benzene rings is 1. The summed E-state index contributed by atoms with van der Waals surface area (Å²) in [6.45, 7) is 2.11. The highest BCUT2D eigenvalue weighted by molar-refractivity contribution is 7.13. The van der Waals surface area contributed by atoms with Crippen LogP contribution in [0.5, 0.6) is 0 Å². The number of unbranched alkanes of at least 4 members (excludes halogenated alkanes) is 2. The maximum absolute atomic E-state index is 12.7. The zero-order valence-electron chi connectivity index (χ0n) is 17.7. The van der Waals surface area contributed by atoms with Crippen molar-refractivity contribution in [1.29, 1.82) is 5.26 Å². The van der Waals surface area contributed by atoms with E-state index in [-0.39, 0.29) is 24.7 Å². The highest BCUT2D eigenvalue weighted by Gasteiger charge is 2.20. The van der Waals surface area contributed by atoms with Crippen LogP contribution in [0, 0.1) is 11.3 Å². The topological polar surface area (TPSA) is 112 Å². The van der Waals surface area contributed by atoms with E-state index < -0.39 is 11.9 Å². The number of nitrogens with one attached hydrogen (secondary N) is 2. The smallest absolute Gasteiger partial charge is 0.242 e. The molecule has 2 N–H and O–H groups in total. The summed E-state index contributed by atoms with van der Waals surface area (Å²) in [5, 5.41) is 17.0. The first kappa shape index (κ1) is 24.2. The van der Waals surface area contributed by atoms with E-state index in [4.69, 9.17) is 5.26 Å². The molecule has 0 fully saturated rings. The molecule has 2 aromatic rings. The van der Waals surface area contributed by atoms with E-state index in [1.807, 2.05) is 42.6 Å². The molecule has 8 heteroatoms. The number of hydrogen-bond acceptors (Lipinski definition) is 6. The van der Waals surface area contributed by atoms with Crippen molar-refractivity contribution < 1.29 is 14.4 Å². The molecule has 0 aliphatic rings. The van der Waals surface area contributed by atoms with Gasteiger partial charge in [0.05, 0.1) is 18.3 Å². The zero-order chi connectivity index (χ0) is 22.5. The Labute approximate surface area is 186 Å². The Kier molecular flexibility index (Phi) is 10.4. The van der Waals surface area contributed by atoms with Crippen molar-refractivity contribution in [3.63, 3.8) is 0 Å². The Hall–Kier alpha value is -3.05. The number of thiazole rings is 1. The van der Waals surface area contributed by atoms with E-state index in [1.54, 1.807) is 6.07 Å². The van der Waals surface area contributed by atoms with Crippen LogP contribution in [0.4, 0.5) is 0 Å². The van der Waals surface area contributed by atoms with Gasteiger partial charge in [0.25, 0.3) is 0 Å². The molecule has 0 unspecified atom stereocenters. The van der Waals surface area contributed by atoms with Crippen LogP contribution in [0.2, 0.25) is 0 Å². The van der Waals surface area contributed by atoms with Crippen molar-refractivity contribution in [2.75, 3.05) is 0 Å². The number of carbonyl (C=O) groups excluding carboxylic acids is 3. The Balaban J connectivity index is 1.87. The summed E-state index contributed by atoms with van der Waals surface area (Å²) in [7, 11) is 0. The Morgan fingerprint density at radius 3 is 2.65 bits per heavy atom. The molecule has 0 saturated heterocycles. The number of ketones is 1. The molecule has 31 heavy (non-hydrogen) atoms. The molecule has 1 aromatic heterocycles. The summed E-state index contributed by atoms with van der Waals surface area (Å²) < 4.78 is 0. The van der Waals surface area contributed by atoms with Crippen LogP contribution in [0.3, 0.4) is 0 Å². The highest BCUT2D eigenvalue weighted by atomic mass is 32.1. The number of aromatic nitrogens is 1. The van der Waals surface area contributed by atoms with E-state index in [0.717, 1.165) is 29.1 Å². The quantitative estimate of drug-likeness (QED) is 0.461. The summed E-state index contributed by atoms with van der Waals surface area (Å²) in [6, 6.07) is 10.9. The summed E-state index contributed by atoms with van der Waals surface area (Å²) >= 11 is 1.51. The lowest BCUT2D eigenvalue weighted by molar-refractivity contribution is -0.128. The fourth-order valence-corrected chi connectivity index (χ4v) is 3.84. The fourth-order valence-electron chi connectivity index (χ4n) is 3.01. The van der Waals surface area contributed by atoms with Crippen molar-refractivity contribution in [3.8, 4) is 16.6 Å². The van der Waals surface area contributed by atoms with Gasteiger partial charge in [0, 0.05) is 23.8 Å². The van der Waals surface area contributed by atoms with Crippen LogP contribution >= 0.6 is 11.3 Å². The molecule has 2 amide bonds. The van der Waals surface area contributed by atoms with Gasteiger partial charge in [-0.3, -0.25) is 14.4 Å². The van der Waals surface area contributed by atoms with Crippen molar-refractivity contribution in [3.05, 3.63) is 41.4 Å². The molecule has 0 aliphatic heterocycles. The third-order valence-corrected chi connectivity index (χ3v) is 5.69. The fraction of sp³-hybridized carbons (Fsp3) is 0.435. The summed E-state index contributed by atoms with van der Waals surface area (Å²) in [6.07, 6.45) is 3.53. The van der Waals surface area contributed by atoms with Gasteiger partial charge in [0.15, 0.2) is 0 Å². The Morgan fingerprint density at radius 1 is 1.16 bits per heavy atom. The minimum atomic E-state index is -0.713. The summed E-state index contributed by atoms with van der Waals surface area (Å²) in [4.78, 5) is 40.4. The van der Waals surface area contributed by atoms with Gasteiger partial charge in [-0.2, -0.15) is 5.26 Å². The molecule has 0 radical (unpaired) electrons. The van der Waals surface area contributed by atoms with Gasteiger partial charge in [-0.05, 0) is 12.8 Å². The monoisotopic (exact) mass is 440 g/mol. The van der Waals surface area contributed by atoms with Crippen LogP contribution in [0.15, 0.2) is 35.7 Å². The van der Waals surface area contributed by atoms with Gasteiger partial charge in [-0.15, -0.1) is 11.3 Å². The number of nitrogens with zero attached hydrogens (tertiary/aromatic N) is 2. The normalized spacial score (nSPS) is 11.4. The molecule has 1 atom stereocenters. The molecule has 0 saturated carbocycles. The molecule has 1 heterocycles. The summed E-state index contributed by atoms with van der Waals surface area (Å²) in [5.74, 6) is -0.538. The average molecular weight is 441 g/mol. The second-order valence-corrected chi connectivity index (χ2v) is 8.03. The van der Waals surface area contributed by atoms with Crippen LogP contribution in [-0.2, 0) is 20.9 Å². The first-order chi connectivity index (χ1) is 15.0. The molecule has 164 valence electrons. The van der Waals surface area contributed by atoms with Gasteiger partial charge >= 0.3 is 0 Å². The molecular weight excluding hydrogens is 412 g/mol. The van der Waals surface area contributed by atoms with E-state index in [1.165, 1.54) is 11.3 Å². The minimum Gasteiger partial charge on any atom is -0.349 e. The summed E-state index contributed by atoms with van der Waals surface area (Å²) in [5.41, 5.74) is 1.77. The lowest BCUT2D eigenvalue weighted by Gasteiger charge is -2.17. The number of carbonyl (C=O) groups is 3. The SMILES string of the molecule is CCC(=O)CCCCC[C@H](NC(=O)CC#N)C(=O)NCc1csc(-c2ccccc2)n1. The lowest BCUT2D eigenvalue weighted by Crippen LogP contribution is -2.46. The Bertz CT molecular complexity index is 905. The average Bonchev–Trinajstić information content (AvgIpc) is 3.26. The number of amides is 2. The van der Waals surface area contributed by atoms with Crippen LogP contribution in [-0.4, -0.2) is 28.6 Å². The first-order valence-corrected chi connectivity index (χ1v) is 11.4. The third kappa shape index (κ3) is 8.69. The zero-order valence-corrected chi connectivity index (χ0v) is 18.5. The first-order valence-electron chi connectivity index (χ1n) is 10.5. The number of rotatable bonds is 13. The predicted octanol–water partition coefficient (Wildman–Crippen LogP) is 3.75. The maximum atomic E-state index is 12.7. The van der Waals surface area contributed by atoms with E-state index in [2.05, 4.69) is 15.6 Å². The number of hydrogen-bond donors (Lipinski definition) is 2. The maximum Gasteiger partial charge on any atom is 0.242 e. The van der Waals surface area contributed by atoms with Crippen LogP contribution in [0.25, 0.3) is 10.6 Å². The minimum absolute atomic E-state index is 0.231. The van der Waals surface area contributed by atoms with Gasteiger partial charge < -0.3 is 10.6 Å². The molecule has 2 rings (SSSR count). The number of Topliss-reactive ketones (excluding diaryl/α,β-unsaturated/α-hetero) is 1. The second kappa shape index (κ2) is 13.3.